The summed E-state index contributed by atoms with van der Waals surface area (Å²) in [6.45, 7) is 2.02. The molecule has 5 heteroatoms. The number of pyridine rings is 1. The van der Waals surface area contributed by atoms with E-state index < -0.39 is 18.4 Å². The second-order valence-electron chi connectivity index (χ2n) is 6.52. The van der Waals surface area contributed by atoms with Gasteiger partial charge in [-0.2, -0.15) is 0 Å². The SMILES string of the molecule is [CH3][Sn]([CH3])([CH3])[c]1cccc(NCC2(C#N)CCOCC2)n1. The molecule has 1 aromatic heterocycles. The van der Waals surface area contributed by atoms with Crippen molar-refractivity contribution in [3.8, 4) is 6.07 Å². The third kappa shape index (κ3) is 3.86. The van der Waals surface area contributed by atoms with Crippen molar-refractivity contribution in [2.45, 2.75) is 27.7 Å². The van der Waals surface area contributed by atoms with Crippen LogP contribution in [0.25, 0.3) is 0 Å². The Morgan fingerprint density at radius 1 is 1.35 bits per heavy atom. The van der Waals surface area contributed by atoms with Gasteiger partial charge in [-0.15, -0.1) is 0 Å². The van der Waals surface area contributed by atoms with E-state index in [1.807, 2.05) is 6.07 Å². The molecule has 0 aromatic carbocycles. The number of ether oxygens (including phenoxy) is 1. The number of nitriles is 1. The van der Waals surface area contributed by atoms with Crippen LogP contribution >= 0.6 is 0 Å². The first kappa shape index (κ1) is 15.6. The molecule has 1 aliphatic heterocycles. The summed E-state index contributed by atoms with van der Waals surface area (Å²) in [5.41, 5.74) is -0.305. The first-order valence-electron chi connectivity index (χ1n) is 7.16. The fourth-order valence-electron chi connectivity index (χ4n) is 2.30. The molecule has 0 unspecified atom stereocenters. The van der Waals surface area contributed by atoms with Gasteiger partial charge in [-0.1, -0.05) is 0 Å². The van der Waals surface area contributed by atoms with E-state index in [1.54, 1.807) is 0 Å². The summed E-state index contributed by atoms with van der Waals surface area (Å²) in [5, 5.41) is 12.8. The predicted molar refractivity (Wildman–Crippen MR) is 83.8 cm³/mol. The molecule has 1 aromatic rings. The van der Waals surface area contributed by atoms with Gasteiger partial charge in [0, 0.05) is 0 Å². The van der Waals surface area contributed by atoms with Crippen molar-refractivity contribution in [1.82, 2.24) is 4.98 Å². The van der Waals surface area contributed by atoms with Crippen LogP contribution in [0.3, 0.4) is 0 Å². The standard InChI is InChI=1S/C12H14N3O.3CH3.Sn/c13-9-12(4-7-16-8-5-12)10-15-11-3-1-2-6-14-11;;;;/h1-3H,4-5,7-8,10H2,(H,14,15);3*1H3;. The van der Waals surface area contributed by atoms with Gasteiger partial charge in [-0.25, -0.2) is 0 Å². The Hall–Kier alpha value is -0.801. The van der Waals surface area contributed by atoms with E-state index in [0.29, 0.717) is 19.8 Å². The summed E-state index contributed by atoms with van der Waals surface area (Å²) in [7, 11) is 0. The first-order valence-corrected chi connectivity index (χ1v) is 17.1. The molecule has 1 N–H and O–H groups in total. The maximum atomic E-state index is 9.45. The molecule has 0 atom stereocenters. The van der Waals surface area contributed by atoms with Crippen LogP contribution in [-0.2, 0) is 4.74 Å². The molecule has 2 rings (SSSR count). The monoisotopic (exact) mass is 381 g/mol. The molecule has 0 saturated carbocycles. The second-order valence-corrected chi connectivity index (χ2v) is 20.8. The summed E-state index contributed by atoms with van der Waals surface area (Å²) < 4.78 is 6.62. The minimum absolute atomic E-state index is 0.305. The van der Waals surface area contributed by atoms with Gasteiger partial charge in [0.1, 0.15) is 0 Å². The fourth-order valence-corrected chi connectivity index (χ4v) is 5.30. The van der Waals surface area contributed by atoms with Crippen molar-refractivity contribution in [3.05, 3.63) is 18.2 Å². The van der Waals surface area contributed by atoms with Crippen LogP contribution in [0.1, 0.15) is 12.8 Å². The molecule has 4 nitrogen and oxygen atoms in total. The van der Waals surface area contributed by atoms with Crippen LogP contribution in [-0.4, -0.2) is 43.1 Å². The normalized spacial score (nSPS) is 18.3. The van der Waals surface area contributed by atoms with E-state index in [9.17, 15) is 5.26 Å². The van der Waals surface area contributed by atoms with E-state index in [4.69, 9.17) is 9.72 Å². The molecule has 0 aliphatic carbocycles. The van der Waals surface area contributed by atoms with Gasteiger partial charge in [-0.3, -0.25) is 0 Å². The Balaban J connectivity index is 2.05. The number of rotatable bonds is 4. The van der Waals surface area contributed by atoms with Crippen molar-refractivity contribution >= 4 is 27.9 Å². The molecule has 108 valence electrons. The predicted octanol–water partition coefficient (Wildman–Crippen LogP) is 2.36. The fraction of sp³-hybridized carbons (Fsp3) is 0.600. The van der Waals surface area contributed by atoms with Crippen molar-refractivity contribution < 1.29 is 4.74 Å². The average Bonchev–Trinajstić information content (AvgIpc) is 2.46. The summed E-state index contributed by atoms with van der Waals surface area (Å²) in [5.74, 6) is 0.898. The quantitative estimate of drug-likeness (QED) is 0.816. The number of nitrogens with zero attached hydrogens (tertiary/aromatic N) is 2. The third-order valence-electron chi connectivity index (χ3n) is 3.81. The average molecular weight is 380 g/mol. The number of hydrogen-bond acceptors (Lipinski definition) is 4. The van der Waals surface area contributed by atoms with E-state index in [1.165, 1.54) is 3.71 Å². The van der Waals surface area contributed by atoms with Crippen molar-refractivity contribution in [3.63, 3.8) is 0 Å². The zero-order chi connectivity index (χ0) is 14.6. The van der Waals surface area contributed by atoms with Crippen LogP contribution in [0.15, 0.2) is 18.2 Å². The summed E-state index contributed by atoms with van der Waals surface area (Å²) in [6, 6.07) is 8.67. The molecule has 2 heterocycles. The van der Waals surface area contributed by atoms with Gasteiger partial charge < -0.3 is 0 Å². The topological polar surface area (TPSA) is 57.9 Å². The zero-order valence-corrected chi connectivity index (χ0v) is 15.4. The van der Waals surface area contributed by atoms with Crippen LogP contribution in [0.2, 0.25) is 14.8 Å². The summed E-state index contributed by atoms with van der Waals surface area (Å²) >= 11 is -2.13. The first-order chi connectivity index (χ1) is 9.45. The van der Waals surface area contributed by atoms with Crippen LogP contribution in [0.4, 0.5) is 5.82 Å². The zero-order valence-electron chi connectivity index (χ0n) is 12.6. The van der Waals surface area contributed by atoms with Crippen LogP contribution < -0.4 is 9.03 Å². The third-order valence-corrected chi connectivity index (χ3v) is 8.99. The summed E-state index contributed by atoms with van der Waals surface area (Å²) in [6.07, 6.45) is 1.60. The molecule has 0 bridgehead atoms. The van der Waals surface area contributed by atoms with E-state index in [0.717, 1.165) is 18.7 Å². The van der Waals surface area contributed by atoms with Crippen LogP contribution in [0.5, 0.6) is 0 Å². The Kier molecular flexibility index (Phi) is 4.92. The van der Waals surface area contributed by atoms with Gasteiger partial charge in [0.05, 0.1) is 0 Å². The van der Waals surface area contributed by atoms with E-state index >= 15 is 0 Å². The van der Waals surface area contributed by atoms with E-state index in [-0.39, 0.29) is 5.41 Å². The summed E-state index contributed by atoms with van der Waals surface area (Å²) in [4.78, 5) is 11.8. The molecule has 0 spiro atoms. The number of hydrogen-bond donors (Lipinski definition) is 1. The van der Waals surface area contributed by atoms with Gasteiger partial charge >= 0.3 is 125 Å². The Bertz CT molecular complexity index is 499. The maximum absolute atomic E-state index is 9.45. The second kappa shape index (κ2) is 6.31. The van der Waals surface area contributed by atoms with Gasteiger partial charge in [0.2, 0.25) is 0 Å². The molecule has 0 amide bonds. The van der Waals surface area contributed by atoms with Gasteiger partial charge in [-0.05, 0) is 0 Å². The van der Waals surface area contributed by atoms with Crippen LogP contribution in [0, 0.1) is 16.7 Å². The number of nitrogens with one attached hydrogen (secondary N) is 1. The Labute approximate surface area is 125 Å². The molecule has 1 aliphatic rings. The molecular formula is C15H23N3OSn. The van der Waals surface area contributed by atoms with E-state index in [2.05, 4.69) is 38.3 Å². The minimum atomic E-state index is -2.13. The number of aromatic nitrogens is 1. The molecule has 1 fully saturated rings. The van der Waals surface area contributed by atoms with Crippen molar-refractivity contribution in [1.29, 1.82) is 5.26 Å². The van der Waals surface area contributed by atoms with Crippen molar-refractivity contribution in [2.24, 2.45) is 5.41 Å². The molecule has 20 heavy (non-hydrogen) atoms. The van der Waals surface area contributed by atoms with Gasteiger partial charge in [0.15, 0.2) is 0 Å². The molecule has 0 radical (unpaired) electrons. The molecular weight excluding hydrogens is 357 g/mol. The van der Waals surface area contributed by atoms with Crippen molar-refractivity contribution in [2.75, 3.05) is 25.1 Å². The van der Waals surface area contributed by atoms with Gasteiger partial charge in [0.25, 0.3) is 0 Å². The molecule has 1 saturated heterocycles. The Morgan fingerprint density at radius 2 is 2.05 bits per heavy atom. The number of anilines is 1. The Morgan fingerprint density at radius 3 is 2.65 bits per heavy atom.